The van der Waals surface area contributed by atoms with Crippen molar-refractivity contribution < 1.29 is 0 Å². The van der Waals surface area contributed by atoms with E-state index < -0.39 is 0 Å². The molecule has 2 atom stereocenters. The molecule has 104 valence electrons. The Balaban J connectivity index is 2.35. The second-order valence-electron chi connectivity index (χ2n) is 6.00. The van der Waals surface area contributed by atoms with Crippen LogP contribution in [0.15, 0.2) is 0 Å². The molecule has 3 heteroatoms. The summed E-state index contributed by atoms with van der Waals surface area (Å²) in [7, 11) is 0. The largest absolute Gasteiger partial charge is 0.303 e. The van der Waals surface area contributed by atoms with Crippen molar-refractivity contribution in [2.24, 2.45) is 5.92 Å². The first-order valence-electron chi connectivity index (χ1n) is 7.48. The molecule has 2 unspecified atom stereocenters. The number of hydrogen-bond donors (Lipinski definition) is 1. The van der Waals surface area contributed by atoms with E-state index in [0.29, 0.717) is 0 Å². The lowest BCUT2D eigenvalue weighted by molar-refractivity contribution is 0.250. The minimum absolute atomic E-state index is 0.353. The van der Waals surface area contributed by atoms with Crippen LogP contribution in [-0.2, 0) is 0 Å². The molecular formula is C15H29N3. The van der Waals surface area contributed by atoms with Gasteiger partial charge in [-0.05, 0) is 64.6 Å². The van der Waals surface area contributed by atoms with Gasteiger partial charge in [0.05, 0.1) is 6.07 Å². The summed E-state index contributed by atoms with van der Waals surface area (Å²) in [5, 5.41) is 12.7. The summed E-state index contributed by atoms with van der Waals surface area (Å²) in [4.78, 5) is 2.53. The topological polar surface area (TPSA) is 39.1 Å². The van der Waals surface area contributed by atoms with Gasteiger partial charge in [-0.2, -0.15) is 5.26 Å². The summed E-state index contributed by atoms with van der Waals surface area (Å²) < 4.78 is 0. The predicted octanol–water partition coefficient (Wildman–Crippen LogP) is 2.78. The van der Waals surface area contributed by atoms with E-state index in [4.69, 9.17) is 0 Å². The number of likely N-dealkylation sites (tertiary alicyclic amines) is 1. The molecule has 1 heterocycles. The van der Waals surface area contributed by atoms with Crippen molar-refractivity contribution in [3.8, 4) is 6.07 Å². The molecule has 1 aliphatic rings. The molecule has 0 aliphatic carbocycles. The van der Waals surface area contributed by atoms with Crippen LogP contribution in [0, 0.1) is 17.2 Å². The maximum atomic E-state index is 9.31. The number of nitrogens with zero attached hydrogens (tertiary/aromatic N) is 2. The molecule has 1 rings (SSSR count). The van der Waals surface area contributed by atoms with E-state index in [9.17, 15) is 5.26 Å². The summed E-state index contributed by atoms with van der Waals surface area (Å²) in [5.74, 6) is 0.871. The molecule has 3 nitrogen and oxygen atoms in total. The summed E-state index contributed by atoms with van der Waals surface area (Å²) in [6, 6.07) is 2.44. The molecule has 1 saturated heterocycles. The monoisotopic (exact) mass is 251 g/mol. The molecule has 0 aromatic carbocycles. The van der Waals surface area contributed by atoms with E-state index in [2.05, 4.69) is 30.1 Å². The first kappa shape index (κ1) is 15.5. The minimum atomic E-state index is -0.353. The average Bonchev–Trinajstić information content (AvgIpc) is 2.59. The normalized spacial score (nSPS) is 25.1. The molecule has 0 aromatic heterocycles. The molecule has 0 aromatic rings. The van der Waals surface area contributed by atoms with Crippen molar-refractivity contribution in [3.05, 3.63) is 0 Å². The molecule has 1 aliphatic heterocycles. The van der Waals surface area contributed by atoms with Crippen molar-refractivity contribution in [3.63, 3.8) is 0 Å². The van der Waals surface area contributed by atoms with Crippen molar-refractivity contribution in [2.75, 3.05) is 26.2 Å². The Hall–Kier alpha value is -0.590. The predicted molar refractivity (Wildman–Crippen MR) is 76.4 cm³/mol. The highest BCUT2D eigenvalue weighted by Crippen LogP contribution is 2.18. The van der Waals surface area contributed by atoms with Gasteiger partial charge in [0.1, 0.15) is 5.54 Å². The zero-order chi connectivity index (χ0) is 13.4. The lowest BCUT2D eigenvalue weighted by atomic mass is 9.99. The van der Waals surface area contributed by atoms with E-state index in [0.717, 1.165) is 31.8 Å². The third-order valence-corrected chi connectivity index (χ3v) is 4.05. The molecule has 0 bridgehead atoms. The van der Waals surface area contributed by atoms with E-state index >= 15 is 0 Å². The van der Waals surface area contributed by atoms with Gasteiger partial charge in [-0.25, -0.2) is 0 Å². The van der Waals surface area contributed by atoms with Crippen molar-refractivity contribution >= 4 is 0 Å². The van der Waals surface area contributed by atoms with Crippen LogP contribution in [0.4, 0.5) is 0 Å². The van der Waals surface area contributed by atoms with E-state index in [1.807, 2.05) is 6.92 Å². The van der Waals surface area contributed by atoms with Crippen LogP contribution in [0.25, 0.3) is 0 Å². The van der Waals surface area contributed by atoms with Gasteiger partial charge < -0.3 is 4.90 Å². The van der Waals surface area contributed by atoms with Gasteiger partial charge >= 0.3 is 0 Å². The van der Waals surface area contributed by atoms with Gasteiger partial charge in [0.2, 0.25) is 0 Å². The highest BCUT2D eigenvalue weighted by molar-refractivity contribution is 5.03. The summed E-state index contributed by atoms with van der Waals surface area (Å²) >= 11 is 0. The number of nitrogens with one attached hydrogen (secondary N) is 1. The minimum Gasteiger partial charge on any atom is -0.303 e. The zero-order valence-electron chi connectivity index (χ0n) is 12.3. The molecule has 0 spiro atoms. The van der Waals surface area contributed by atoms with Crippen LogP contribution in [0.2, 0.25) is 0 Å². The summed E-state index contributed by atoms with van der Waals surface area (Å²) in [6.45, 7) is 10.9. The number of hydrogen-bond acceptors (Lipinski definition) is 3. The van der Waals surface area contributed by atoms with Gasteiger partial charge in [-0.1, -0.05) is 13.8 Å². The molecular weight excluding hydrogens is 222 g/mol. The van der Waals surface area contributed by atoms with Crippen LogP contribution in [-0.4, -0.2) is 36.6 Å². The second-order valence-corrected chi connectivity index (χ2v) is 6.00. The van der Waals surface area contributed by atoms with Gasteiger partial charge in [0, 0.05) is 6.54 Å². The van der Waals surface area contributed by atoms with Gasteiger partial charge in [0.15, 0.2) is 0 Å². The number of nitriles is 1. The Morgan fingerprint density at radius 2 is 2.17 bits per heavy atom. The number of rotatable bonds is 6. The third kappa shape index (κ3) is 5.37. The fourth-order valence-electron chi connectivity index (χ4n) is 2.51. The molecule has 0 saturated carbocycles. The quantitative estimate of drug-likeness (QED) is 0.789. The molecule has 18 heavy (non-hydrogen) atoms. The molecule has 0 amide bonds. The van der Waals surface area contributed by atoms with E-state index in [1.165, 1.54) is 32.4 Å². The Morgan fingerprint density at radius 1 is 1.39 bits per heavy atom. The van der Waals surface area contributed by atoms with Gasteiger partial charge in [-0.15, -0.1) is 0 Å². The van der Waals surface area contributed by atoms with Crippen molar-refractivity contribution in [1.82, 2.24) is 10.2 Å². The van der Waals surface area contributed by atoms with Gasteiger partial charge in [0.25, 0.3) is 0 Å². The standard InChI is InChI=1S/C15H29N3/c1-4-9-17-15(3,13-16)8-12-18-10-5-6-14(2)7-11-18/h14,17H,4-12H2,1-3H3. The lowest BCUT2D eigenvalue weighted by Crippen LogP contribution is -2.44. The molecule has 1 N–H and O–H groups in total. The first-order valence-corrected chi connectivity index (χ1v) is 7.48. The average molecular weight is 251 g/mol. The van der Waals surface area contributed by atoms with Crippen LogP contribution in [0.3, 0.4) is 0 Å². The second kappa shape index (κ2) is 7.76. The zero-order valence-corrected chi connectivity index (χ0v) is 12.3. The maximum Gasteiger partial charge on any atom is 0.105 e. The smallest absolute Gasteiger partial charge is 0.105 e. The molecule has 1 fully saturated rings. The third-order valence-electron chi connectivity index (χ3n) is 4.05. The lowest BCUT2D eigenvalue weighted by Gasteiger charge is -2.27. The molecule has 0 radical (unpaired) electrons. The fourth-order valence-corrected chi connectivity index (χ4v) is 2.51. The van der Waals surface area contributed by atoms with Gasteiger partial charge in [-0.3, -0.25) is 5.32 Å². The van der Waals surface area contributed by atoms with Crippen molar-refractivity contribution in [2.45, 2.75) is 58.4 Å². The highest BCUT2D eigenvalue weighted by Gasteiger charge is 2.24. The van der Waals surface area contributed by atoms with E-state index in [-0.39, 0.29) is 5.54 Å². The van der Waals surface area contributed by atoms with Crippen LogP contribution in [0.5, 0.6) is 0 Å². The maximum absolute atomic E-state index is 9.31. The Kier molecular flexibility index (Phi) is 6.67. The van der Waals surface area contributed by atoms with Crippen LogP contribution >= 0.6 is 0 Å². The fraction of sp³-hybridized carbons (Fsp3) is 0.933. The Bertz CT molecular complexity index is 271. The Morgan fingerprint density at radius 3 is 2.83 bits per heavy atom. The Labute approximate surface area is 113 Å². The highest BCUT2D eigenvalue weighted by atomic mass is 15.1. The van der Waals surface area contributed by atoms with Crippen molar-refractivity contribution in [1.29, 1.82) is 5.26 Å². The van der Waals surface area contributed by atoms with Crippen LogP contribution in [0.1, 0.15) is 52.9 Å². The van der Waals surface area contributed by atoms with Crippen LogP contribution < -0.4 is 5.32 Å². The SMILES string of the molecule is CCCNC(C)(C#N)CCN1CCCC(C)CC1. The van der Waals surface area contributed by atoms with E-state index in [1.54, 1.807) is 0 Å². The first-order chi connectivity index (χ1) is 8.59. The summed E-state index contributed by atoms with van der Waals surface area (Å²) in [5.41, 5.74) is -0.353. The summed E-state index contributed by atoms with van der Waals surface area (Å²) in [6.07, 6.45) is 6.00.